The number of aromatic hydroxyl groups is 1. The molecule has 4 rings (SSSR count). The molecule has 0 fully saturated rings. The van der Waals surface area contributed by atoms with Crippen LogP contribution >= 0.6 is 35.5 Å². The Hall–Kier alpha value is -3.92. The highest BCUT2D eigenvalue weighted by Crippen LogP contribution is 2.43. The number of hydrogen-bond donors (Lipinski definition) is 5. The zero-order valence-corrected chi connectivity index (χ0v) is 32.1. The molecule has 1 heterocycles. The van der Waals surface area contributed by atoms with Gasteiger partial charge in [0.1, 0.15) is 40.1 Å². The Labute approximate surface area is 317 Å². The molecule has 0 saturated heterocycles. The van der Waals surface area contributed by atoms with Crippen molar-refractivity contribution in [3.8, 4) is 5.75 Å². The Morgan fingerprint density at radius 1 is 1.00 bits per heavy atom. The van der Waals surface area contributed by atoms with Crippen molar-refractivity contribution >= 4 is 70.6 Å². The molecule has 1 unspecified atom stereocenters. The van der Waals surface area contributed by atoms with Gasteiger partial charge in [0.25, 0.3) is 11.8 Å². The van der Waals surface area contributed by atoms with Gasteiger partial charge in [-0.1, -0.05) is 69.9 Å². The molecule has 1 aliphatic carbocycles. The summed E-state index contributed by atoms with van der Waals surface area (Å²) in [5.74, 6) is -2.95. The molecule has 5 N–H and O–H groups in total. The highest BCUT2D eigenvalue weighted by Gasteiger charge is 2.48. The van der Waals surface area contributed by atoms with Crippen LogP contribution in [0.1, 0.15) is 64.0 Å². The molecule has 2 aromatic rings. The number of para-hydroxylation sites is 1. The summed E-state index contributed by atoms with van der Waals surface area (Å²) in [6.45, 7) is 3.59. The molecule has 0 radical (unpaired) electrons. The largest absolute Gasteiger partial charge is 0.508 e. The number of nitrogens with one attached hydrogen (secondary N) is 3. The number of Topliss-reactive ketones (excluding diaryl/α,β-unsaturated/α-hetero) is 1. The number of ketones is 1. The highest BCUT2D eigenvalue weighted by molar-refractivity contribution is 8.01. The maximum Gasteiger partial charge on any atom is 0.327 e. The number of carbonyl (C=O) groups is 5. The van der Waals surface area contributed by atoms with E-state index in [9.17, 15) is 34.2 Å². The predicted octanol–water partition coefficient (Wildman–Crippen LogP) is 5.31. The number of amides is 3. The smallest absolute Gasteiger partial charge is 0.327 e. The van der Waals surface area contributed by atoms with Gasteiger partial charge in [-0.15, -0.1) is 11.8 Å². The summed E-state index contributed by atoms with van der Waals surface area (Å²) in [4.78, 5) is 69.6. The quantitative estimate of drug-likeness (QED) is 0.124. The van der Waals surface area contributed by atoms with Gasteiger partial charge >= 0.3 is 5.97 Å². The molecule has 3 amide bonds. The van der Waals surface area contributed by atoms with Crippen LogP contribution in [0.25, 0.3) is 0 Å². The van der Waals surface area contributed by atoms with Gasteiger partial charge in [-0.05, 0) is 73.2 Å². The van der Waals surface area contributed by atoms with Crippen LogP contribution in [0.5, 0.6) is 5.75 Å². The van der Waals surface area contributed by atoms with Gasteiger partial charge in [0.15, 0.2) is 6.61 Å². The summed E-state index contributed by atoms with van der Waals surface area (Å²) in [6, 6.07) is 12.2. The van der Waals surface area contributed by atoms with E-state index < -0.39 is 47.3 Å². The Morgan fingerprint density at radius 3 is 2.23 bits per heavy atom. The zero-order chi connectivity index (χ0) is 37.8. The minimum absolute atomic E-state index is 0.0552. The average molecular weight is 771 g/mol. The van der Waals surface area contributed by atoms with Crippen molar-refractivity contribution in [1.29, 1.82) is 0 Å². The van der Waals surface area contributed by atoms with E-state index >= 15 is 0 Å². The summed E-state index contributed by atoms with van der Waals surface area (Å²) in [7, 11) is 0. The van der Waals surface area contributed by atoms with E-state index in [2.05, 4.69) is 29.2 Å². The zero-order valence-electron chi connectivity index (χ0n) is 29.7. The van der Waals surface area contributed by atoms with Crippen LogP contribution in [0.3, 0.4) is 0 Å². The molecule has 2 aliphatic rings. The summed E-state index contributed by atoms with van der Waals surface area (Å²) in [5.41, 5.74) is 0.199. The number of phenols is 1. The molecule has 15 heteroatoms. The van der Waals surface area contributed by atoms with Crippen molar-refractivity contribution in [1.82, 2.24) is 15.4 Å². The van der Waals surface area contributed by atoms with E-state index in [1.807, 2.05) is 30.3 Å². The fourth-order valence-electron chi connectivity index (χ4n) is 5.94. The Bertz CT molecular complexity index is 1660. The van der Waals surface area contributed by atoms with Crippen molar-refractivity contribution in [2.24, 2.45) is 0 Å². The lowest BCUT2D eigenvalue weighted by molar-refractivity contribution is -0.141. The van der Waals surface area contributed by atoms with Crippen LogP contribution in [0.2, 0.25) is 0 Å². The molecule has 52 heavy (non-hydrogen) atoms. The number of phenolic OH excluding ortho intramolecular Hbond substituents is 1. The molecule has 12 nitrogen and oxygen atoms in total. The first-order chi connectivity index (χ1) is 25.0. The second-order valence-electron chi connectivity index (χ2n) is 12.4. The van der Waals surface area contributed by atoms with Crippen LogP contribution in [-0.2, 0) is 28.7 Å². The minimum atomic E-state index is -1.31. The van der Waals surface area contributed by atoms with E-state index in [0.29, 0.717) is 29.0 Å². The maximum atomic E-state index is 14.7. The Morgan fingerprint density at radius 2 is 1.65 bits per heavy atom. The van der Waals surface area contributed by atoms with Gasteiger partial charge in [-0.25, -0.2) is 9.52 Å². The van der Waals surface area contributed by atoms with Crippen molar-refractivity contribution in [3.63, 3.8) is 0 Å². The number of allylic oxidation sites excluding steroid dienone is 2. The summed E-state index contributed by atoms with van der Waals surface area (Å²) in [6.07, 6.45) is 9.74. The number of carbonyl (C=O) groups excluding carboxylic acids is 4. The van der Waals surface area contributed by atoms with Crippen molar-refractivity contribution in [3.05, 3.63) is 82.6 Å². The van der Waals surface area contributed by atoms with Crippen LogP contribution < -0.4 is 20.3 Å². The monoisotopic (exact) mass is 770 g/mol. The van der Waals surface area contributed by atoms with Crippen molar-refractivity contribution in [2.45, 2.75) is 75.2 Å². The van der Waals surface area contributed by atoms with Crippen LogP contribution in [0, 0.1) is 0 Å². The second kappa shape index (κ2) is 19.2. The lowest BCUT2D eigenvalue weighted by atomic mass is 9.86. The van der Waals surface area contributed by atoms with Gasteiger partial charge in [0.2, 0.25) is 11.7 Å². The topological polar surface area (TPSA) is 174 Å². The number of thioether (sulfide) groups is 2. The number of benzene rings is 2. The number of aliphatic carboxylic acids is 1. The van der Waals surface area contributed by atoms with Crippen molar-refractivity contribution in [2.75, 3.05) is 29.8 Å². The molecular weight excluding hydrogens is 725 g/mol. The first kappa shape index (κ1) is 40.8. The van der Waals surface area contributed by atoms with Crippen LogP contribution in [0.15, 0.2) is 77.0 Å². The van der Waals surface area contributed by atoms with Gasteiger partial charge in [-0.2, -0.15) is 11.8 Å². The fourth-order valence-corrected chi connectivity index (χ4v) is 8.25. The number of ether oxygens (including phenoxy) is 1. The highest BCUT2D eigenvalue weighted by atomic mass is 32.2. The summed E-state index contributed by atoms with van der Waals surface area (Å²) >= 11 is 3.67. The average Bonchev–Trinajstić information content (AvgIpc) is 3.26. The van der Waals surface area contributed by atoms with Crippen LogP contribution in [0.4, 0.5) is 5.69 Å². The van der Waals surface area contributed by atoms with E-state index in [1.165, 1.54) is 59.7 Å². The molecule has 0 aromatic heterocycles. The van der Waals surface area contributed by atoms with Gasteiger partial charge in [-0.3, -0.25) is 24.1 Å². The Kier molecular flexibility index (Phi) is 15.1. The number of hydrogen-bond acceptors (Lipinski definition) is 11. The second-order valence-corrected chi connectivity index (χ2v) is 15.1. The third kappa shape index (κ3) is 9.73. The molecule has 3 atom stereocenters. The van der Waals surface area contributed by atoms with Crippen molar-refractivity contribution < 1.29 is 38.9 Å². The molecule has 0 bridgehead atoms. The standard InChI is InChI=1S/C37H46N4O8S3/c1-5-7-18-37(19-8-6-2)36(48)41(24-12-10-9-11-13-24)31-28(52-40-37)20-27(33(51-4)32(31)44)49-21-29(43)39-30(23-14-16-25(42)17-15-23)34(45)38-26(22-50-3)35(46)47/h9-17,20,26,30,33,40,42H,5-8,18-19,21-22H2,1-4H3,(H,38,45)(H,39,43)(H,46,47)/t26-,30+,33?/m0/s1. The predicted molar refractivity (Wildman–Crippen MR) is 207 cm³/mol. The van der Waals surface area contributed by atoms with E-state index in [4.69, 9.17) is 4.74 Å². The molecule has 1 aliphatic heterocycles. The number of nitrogens with zero attached hydrogens (tertiary/aromatic N) is 1. The van der Waals surface area contributed by atoms with Gasteiger partial charge < -0.3 is 25.6 Å². The van der Waals surface area contributed by atoms with Crippen LogP contribution in [-0.4, -0.2) is 81.4 Å². The minimum Gasteiger partial charge on any atom is -0.508 e. The fraction of sp³-hybridized carbons (Fsp3) is 0.432. The number of rotatable bonds is 18. The summed E-state index contributed by atoms with van der Waals surface area (Å²) < 4.78 is 9.48. The Balaban J connectivity index is 1.65. The van der Waals surface area contributed by atoms with Gasteiger partial charge in [0.05, 0.1) is 4.91 Å². The molecule has 2 aromatic carbocycles. The number of carboxylic acids is 1. The first-order valence-electron chi connectivity index (χ1n) is 17.1. The third-order valence-electron chi connectivity index (χ3n) is 8.71. The molecule has 0 spiro atoms. The third-order valence-corrected chi connectivity index (χ3v) is 11.3. The van der Waals surface area contributed by atoms with Gasteiger partial charge in [0, 0.05) is 11.4 Å². The lowest BCUT2D eigenvalue weighted by Crippen LogP contribution is -2.55. The van der Waals surface area contributed by atoms with E-state index in [0.717, 1.165) is 25.7 Å². The molecular formula is C37H46N4O8S3. The normalized spacial score (nSPS) is 18.1. The van der Waals surface area contributed by atoms with E-state index in [-0.39, 0.29) is 34.6 Å². The summed E-state index contributed by atoms with van der Waals surface area (Å²) in [5, 5.41) is 23.6. The molecule has 0 saturated carbocycles. The van der Waals surface area contributed by atoms with E-state index in [1.54, 1.807) is 23.5 Å². The lowest BCUT2D eigenvalue weighted by Gasteiger charge is -2.36. The number of unbranched alkanes of at least 4 members (excludes halogenated alkanes) is 2. The maximum absolute atomic E-state index is 14.7. The first-order valence-corrected chi connectivity index (χ1v) is 20.6. The number of anilines is 1. The molecule has 280 valence electrons. The number of carboxylic acid groups (broad SMARTS) is 1. The SMILES string of the molecule is CCCCC1(CCCC)NSC2=C(C(=O)C(SC)C(OCC(=O)N[C@@H](C(=O)N[C@@H](CSC)C(=O)O)c3ccc(O)cc3)=C2)N(c2ccccc2)C1=O.